The standard InChI is InChI=1S/C8H19N3O.C6H13NO/c1-3-4-5-6-7-10-8(12)11-9-2;1-6(2)7-4-3-5-8/h9H,3-7H2,1-2H3,(H2,10,11,12);5-7H,3-4H2,1-2H3. The summed E-state index contributed by atoms with van der Waals surface area (Å²) in [5.41, 5.74) is 4.99. The van der Waals surface area contributed by atoms with Crippen LogP contribution < -0.4 is 21.5 Å². The van der Waals surface area contributed by atoms with Crippen LogP contribution in [0.5, 0.6) is 0 Å². The smallest absolute Gasteiger partial charge is 0.329 e. The van der Waals surface area contributed by atoms with Gasteiger partial charge in [0.15, 0.2) is 0 Å². The molecule has 0 aliphatic carbocycles. The van der Waals surface area contributed by atoms with Crippen LogP contribution in [0.4, 0.5) is 4.79 Å². The second-order valence-electron chi connectivity index (χ2n) is 4.76. The summed E-state index contributed by atoms with van der Waals surface area (Å²) in [5, 5.41) is 5.85. The van der Waals surface area contributed by atoms with Gasteiger partial charge < -0.3 is 15.4 Å². The van der Waals surface area contributed by atoms with Crippen molar-refractivity contribution < 1.29 is 9.59 Å². The molecule has 20 heavy (non-hydrogen) atoms. The molecular weight excluding hydrogens is 256 g/mol. The van der Waals surface area contributed by atoms with E-state index in [1.165, 1.54) is 19.3 Å². The molecule has 0 heterocycles. The summed E-state index contributed by atoms with van der Waals surface area (Å²) in [6.07, 6.45) is 6.27. The Balaban J connectivity index is 0. The van der Waals surface area contributed by atoms with Crippen molar-refractivity contribution in [2.75, 3.05) is 20.1 Å². The monoisotopic (exact) mass is 288 g/mol. The number of aldehydes is 1. The molecular formula is C14H32N4O2. The number of hydrogen-bond donors (Lipinski definition) is 4. The highest BCUT2D eigenvalue weighted by Crippen LogP contribution is 1.96. The summed E-state index contributed by atoms with van der Waals surface area (Å²) in [5.74, 6) is 0. The van der Waals surface area contributed by atoms with Crippen LogP contribution in [0, 0.1) is 0 Å². The van der Waals surface area contributed by atoms with E-state index in [1.54, 1.807) is 7.05 Å². The number of nitrogens with one attached hydrogen (secondary N) is 4. The van der Waals surface area contributed by atoms with Gasteiger partial charge in [0.2, 0.25) is 0 Å². The van der Waals surface area contributed by atoms with Crippen LogP contribution in [0.3, 0.4) is 0 Å². The van der Waals surface area contributed by atoms with Gasteiger partial charge in [-0.2, -0.15) is 0 Å². The van der Waals surface area contributed by atoms with E-state index in [9.17, 15) is 9.59 Å². The van der Waals surface area contributed by atoms with Gasteiger partial charge in [-0.15, -0.1) is 0 Å². The van der Waals surface area contributed by atoms with E-state index < -0.39 is 0 Å². The SMILES string of the molecule is CC(C)NCCC=O.CCCCCCNC(=O)NNC. The third kappa shape index (κ3) is 22.1. The van der Waals surface area contributed by atoms with Crippen molar-refractivity contribution in [2.45, 2.75) is 58.9 Å². The highest BCUT2D eigenvalue weighted by atomic mass is 16.2. The van der Waals surface area contributed by atoms with E-state index >= 15 is 0 Å². The molecule has 0 spiro atoms. The van der Waals surface area contributed by atoms with Gasteiger partial charge in [0.1, 0.15) is 6.29 Å². The lowest BCUT2D eigenvalue weighted by molar-refractivity contribution is -0.107. The Labute approximate surface area is 123 Å². The Morgan fingerprint density at radius 3 is 2.35 bits per heavy atom. The molecule has 0 atom stereocenters. The normalized spacial score (nSPS) is 9.65. The minimum Gasteiger partial charge on any atom is -0.337 e. The molecule has 0 aromatic rings. The van der Waals surface area contributed by atoms with Crippen molar-refractivity contribution in [3.63, 3.8) is 0 Å². The number of hydrazine groups is 1. The maximum atomic E-state index is 10.8. The summed E-state index contributed by atoms with van der Waals surface area (Å²) in [7, 11) is 1.66. The maximum absolute atomic E-state index is 10.8. The summed E-state index contributed by atoms with van der Waals surface area (Å²) in [6.45, 7) is 7.85. The lowest BCUT2D eigenvalue weighted by Gasteiger charge is -2.05. The average molecular weight is 288 g/mol. The quantitative estimate of drug-likeness (QED) is 0.279. The predicted octanol–water partition coefficient (Wildman–Crippen LogP) is 1.57. The average Bonchev–Trinajstić information content (AvgIpc) is 2.39. The molecule has 120 valence electrons. The minimum atomic E-state index is -0.158. The van der Waals surface area contributed by atoms with E-state index in [1.807, 2.05) is 0 Å². The van der Waals surface area contributed by atoms with E-state index in [4.69, 9.17) is 0 Å². The van der Waals surface area contributed by atoms with Crippen LogP contribution in [0.1, 0.15) is 52.9 Å². The van der Waals surface area contributed by atoms with Crippen molar-refractivity contribution in [2.24, 2.45) is 0 Å². The Hall–Kier alpha value is -1.14. The lowest BCUT2D eigenvalue weighted by Crippen LogP contribution is -2.42. The maximum Gasteiger partial charge on any atom is 0.329 e. The van der Waals surface area contributed by atoms with Crippen LogP contribution in [-0.4, -0.2) is 38.5 Å². The van der Waals surface area contributed by atoms with Crippen LogP contribution in [0.2, 0.25) is 0 Å². The van der Waals surface area contributed by atoms with Gasteiger partial charge in [-0.05, 0) is 6.42 Å². The highest BCUT2D eigenvalue weighted by molar-refractivity contribution is 5.73. The molecule has 0 fully saturated rings. The van der Waals surface area contributed by atoms with Gasteiger partial charge >= 0.3 is 6.03 Å². The van der Waals surface area contributed by atoms with Crippen LogP contribution in [0.15, 0.2) is 0 Å². The number of carbonyl (C=O) groups is 2. The molecule has 0 aromatic heterocycles. The summed E-state index contributed by atoms with van der Waals surface area (Å²) in [4.78, 5) is 20.5. The summed E-state index contributed by atoms with van der Waals surface area (Å²) in [6, 6.07) is 0.337. The molecule has 0 unspecified atom stereocenters. The zero-order chi connectivity index (χ0) is 15.6. The predicted molar refractivity (Wildman–Crippen MR) is 83.6 cm³/mol. The molecule has 0 radical (unpaired) electrons. The molecule has 6 heteroatoms. The first-order valence-corrected chi connectivity index (χ1v) is 7.46. The number of rotatable bonds is 10. The first-order valence-electron chi connectivity index (χ1n) is 7.46. The third-order valence-electron chi connectivity index (χ3n) is 2.37. The molecule has 0 saturated carbocycles. The van der Waals surface area contributed by atoms with Gasteiger partial charge in [0, 0.05) is 32.6 Å². The number of amides is 2. The molecule has 6 nitrogen and oxygen atoms in total. The molecule has 0 rings (SSSR count). The fourth-order valence-corrected chi connectivity index (χ4v) is 1.34. The van der Waals surface area contributed by atoms with Crippen LogP contribution >= 0.6 is 0 Å². The van der Waals surface area contributed by atoms with Crippen molar-refractivity contribution in [1.82, 2.24) is 21.5 Å². The van der Waals surface area contributed by atoms with E-state index in [2.05, 4.69) is 42.3 Å². The molecule has 0 aliphatic heterocycles. The fraction of sp³-hybridized carbons (Fsp3) is 0.857. The Kier molecular flexibility index (Phi) is 18.9. The Bertz CT molecular complexity index is 223. The largest absolute Gasteiger partial charge is 0.337 e. The zero-order valence-corrected chi connectivity index (χ0v) is 13.4. The number of urea groups is 1. The Morgan fingerprint density at radius 1 is 1.15 bits per heavy atom. The second-order valence-corrected chi connectivity index (χ2v) is 4.76. The molecule has 0 bridgehead atoms. The van der Waals surface area contributed by atoms with E-state index in [0.29, 0.717) is 12.5 Å². The first-order chi connectivity index (χ1) is 9.58. The molecule has 0 aromatic carbocycles. The minimum absolute atomic E-state index is 0.158. The van der Waals surface area contributed by atoms with Gasteiger partial charge in [0.05, 0.1) is 0 Å². The van der Waals surface area contributed by atoms with Crippen LogP contribution in [-0.2, 0) is 4.79 Å². The Morgan fingerprint density at radius 2 is 1.85 bits per heavy atom. The first kappa shape index (κ1) is 21.2. The lowest BCUT2D eigenvalue weighted by atomic mass is 10.2. The molecule has 0 saturated heterocycles. The van der Waals surface area contributed by atoms with Gasteiger partial charge in [-0.25, -0.2) is 10.2 Å². The third-order valence-corrected chi connectivity index (χ3v) is 2.37. The van der Waals surface area contributed by atoms with Crippen molar-refractivity contribution in [3.05, 3.63) is 0 Å². The number of unbranched alkanes of at least 4 members (excludes halogenated alkanes) is 3. The number of hydrogen-bond acceptors (Lipinski definition) is 4. The fourth-order valence-electron chi connectivity index (χ4n) is 1.34. The summed E-state index contributed by atoms with van der Waals surface area (Å²) >= 11 is 0. The molecule has 0 aliphatic rings. The van der Waals surface area contributed by atoms with Gasteiger partial charge in [-0.1, -0.05) is 40.0 Å². The highest BCUT2D eigenvalue weighted by Gasteiger charge is 1.94. The second kappa shape index (κ2) is 17.9. The van der Waals surface area contributed by atoms with Crippen molar-refractivity contribution in [1.29, 1.82) is 0 Å². The van der Waals surface area contributed by atoms with Crippen molar-refractivity contribution >= 4 is 12.3 Å². The van der Waals surface area contributed by atoms with Crippen molar-refractivity contribution in [3.8, 4) is 0 Å². The topological polar surface area (TPSA) is 82.3 Å². The van der Waals surface area contributed by atoms with E-state index in [0.717, 1.165) is 25.8 Å². The number of carbonyl (C=O) groups excluding carboxylic acids is 2. The summed E-state index contributed by atoms with van der Waals surface area (Å²) < 4.78 is 0. The van der Waals surface area contributed by atoms with E-state index in [-0.39, 0.29) is 6.03 Å². The van der Waals surface area contributed by atoms with Gasteiger partial charge in [0.25, 0.3) is 0 Å². The zero-order valence-electron chi connectivity index (χ0n) is 13.4. The molecule has 2 amide bonds. The molecule has 4 N–H and O–H groups in total. The van der Waals surface area contributed by atoms with Crippen LogP contribution in [0.25, 0.3) is 0 Å². The van der Waals surface area contributed by atoms with Gasteiger partial charge in [-0.3, -0.25) is 5.43 Å².